The lowest BCUT2D eigenvalue weighted by Gasteiger charge is -2.32. The summed E-state index contributed by atoms with van der Waals surface area (Å²) < 4.78 is 6.21. The van der Waals surface area contributed by atoms with Crippen LogP contribution in [0.3, 0.4) is 0 Å². The van der Waals surface area contributed by atoms with Gasteiger partial charge in [-0.25, -0.2) is 4.79 Å². The molecule has 3 rings (SSSR count). The second kappa shape index (κ2) is 9.82. The molecule has 1 aliphatic heterocycles. The molecule has 0 fully saturated rings. The van der Waals surface area contributed by atoms with Crippen LogP contribution in [-0.4, -0.2) is 22.4 Å². The molecule has 160 valence electrons. The Morgan fingerprint density at radius 3 is 2.70 bits per heavy atom. The number of aryl methyl sites for hydroxylation is 1. The lowest BCUT2D eigenvalue weighted by atomic mass is 9.85. The second-order valence-corrected chi connectivity index (χ2v) is 8.33. The van der Waals surface area contributed by atoms with Crippen LogP contribution in [0.4, 0.5) is 0 Å². The van der Waals surface area contributed by atoms with Gasteiger partial charge in [-0.2, -0.15) is 0 Å². The van der Waals surface area contributed by atoms with Crippen molar-refractivity contribution in [3.05, 3.63) is 69.2 Å². The summed E-state index contributed by atoms with van der Waals surface area (Å²) in [4.78, 5) is 18.1. The van der Waals surface area contributed by atoms with Gasteiger partial charge in [-0.1, -0.05) is 72.0 Å². The van der Waals surface area contributed by atoms with Gasteiger partial charge in [-0.15, -0.1) is 0 Å². The highest BCUT2D eigenvalue weighted by Gasteiger charge is 2.54. The van der Waals surface area contributed by atoms with Crippen molar-refractivity contribution >= 4 is 34.9 Å². The van der Waals surface area contributed by atoms with Gasteiger partial charge in [0.05, 0.1) is 22.4 Å². The standard InChI is InChI=1S/C23H25Cl2NO4/c1-3-4-9-18-13-23(22(27)28,30-26-18)21(16-10-11-19(24)20(25)12-16)29-14-17-8-6-5-7-15(17)2/h5-8,10-12,21H,3-4,9,13-14H2,1-2H3,(H,27,28). The third-order valence-corrected chi connectivity index (χ3v) is 6.06. The Balaban J connectivity index is 1.95. The van der Waals surface area contributed by atoms with Gasteiger partial charge in [-0.05, 0) is 48.6 Å². The first-order chi connectivity index (χ1) is 14.4. The summed E-state index contributed by atoms with van der Waals surface area (Å²) in [5, 5.41) is 15.0. The van der Waals surface area contributed by atoms with E-state index in [0.29, 0.717) is 22.0 Å². The molecule has 0 aromatic heterocycles. The van der Waals surface area contributed by atoms with Crippen LogP contribution in [0.15, 0.2) is 47.6 Å². The zero-order valence-electron chi connectivity index (χ0n) is 17.0. The number of ether oxygens (including phenoxy) is 1. The van der Waals surface area contributed by atoms with Crippen molar-refractivity contribution in [1.29, 1.82) is 0 Å². The smallest absolute Gasteiger partial charge is 0.354 e. The van der Waals surface area contributed by atoms with E-state index >= 15 is 0 Å². The maximum absolute atomic E-state index is 12.5. The normalized spacial score (nSPS) is 19.3. The molecule has 7 heteroatoms. The van der Waals surface area contributed by atoms with E-state index < -0.39 is 17.7 Å². The second-order valence-electron chi connectivity index (χ2n) is 7.51. The summed E-state index contributed by atoms with van der Waals surface area (Å²) in [5.41, 5.74) is 1.66. The fraction of sp³-hybridized carbons (Fsp3) is 0.391. The molecule has 1 aliphatic rings. The molecule has 0 saturated carbocycles. The zero-order chi connectivity index (χ0) is 21.7. The van der Waals surface area contributed by atoms with Crippen LogP contribution >= 0.6 is 23.2 Å². The number of aliphatic carboxylic acids is 1. The highest BCUT2D eigenvalue weighted by atomic mass is 35.5. The van der Waals surface area contributed by atoms with Crippen LogP contribution in [0.5, 0.6) is 0 Å². The maximum atomic E-state index is 12.5. The number of carboxylic acids is 1. The maximum Gasteiger partial charge on any atom is 0.354 e. The van der Waals surface area contributed by atoms with Gasteiger partial charge in [0.25, 0.3) is 5.60 Å². The average Bonchev–Trinajstić information content (AvgIpc) is 3.16. The highest BCUT2D eigenvalue weighted by Crippen LogP contribution is 2.42. The monoisotopic (exact) mass is 449 g/mol. The molecule has 2 aromatic rings. The molecule has 0 bridgehead atoms. The number of carboxylic acid groups (broad SMARTS) is 1. The number of oxime groups is 1. The van der Waals surface area contributed by atoms with Crippen LogP contribution < -0.4 is 0 Å². The lowest BCUT2D eigenvalue weighted by molar-refractivity contribution is -0.187. The van der Waals surface area contributed by atoms with Crippen molar-refractivity contribution in [3.8, 4) is 0 Å². The largest absolute Gasteiger partial charge is 0.478 e. The van der Waals surface area contributed by atoms with Crippen molar-refractivity contribution in [3.63, 3.8) is 0 Å². The molecule has 0 radical (unpaired) electrons. The first-order valence-electron chi connectivity index (χ1n) is 9.95. The summed E-state index contributed by atoms with van der Waals surface area (Å²) in [6, 6.07) is 12.8. The summed E-state index contributed by atoms with van der Waals surface area (Å²) in [7, 11) is 0. The number of rotatable bonds is 9. The van der Waals surface area contributed by atoms with Gasteiger partial charge >= 0.3 is 5.97 Å². The fourth-order valence-electron chi connectivity index (χ4n) is 3.52. The molecular weight excluding hydrogens is 425 g/mol. The molecule has 0 saturated heterocycles. The first kappa shape index (κ1) is 22.6. The minimum Gasteiger partial charge on any atom is -0.478 e. The molecule has 1 heterocycles. The molecule has 2 atom stereocenters. The van der Waals surface area contributed by atoms with Crippen LogP contribution in [0.1, 0.15) is 55.4 Å². The number of nitrogens with zero attached hydrogens (tertiary/aromatic N) is 1. The molecule has 0 spiro atoms. The molecule has 2 unspecified atom stereocenters. The van der Waals surface area contributed by atoms with Gasteiger partial charge in [-0.3, -0.25) is 0 Å². The van der Waals surface area contributed by atoms with Gasteiger partial charge in [0, 0.05) is 6.42 Å². The number of carbonyl (C=O) groups is 1. The van der Waals surface area contributed by atoms with Gasteiger partial charge < -0.3 is 14.7 Å². The summed E-state index contributed by atoms with van der Waals surface area (Å²) in [6.45, 7) is 4.28. The van der Waals surface area contributed by atoms with Crippen molar-refractivity contribution < 1.29 is 19.5 Å². The van der Waals surface area contributed by atoms with E-state index in [2.05, 4.69) is 12.1 Å². The SMILES string of the molecule is CCCCC1=NOC(C(=O)O)(C(OCc2ccccc2C)c2ccc(Cl)c(Cl)c2)C1. The Bertz CT molecular complexity index is 947. The summed E-state index contributed by atoms with van der Waals surface area (Å²) in [6.07, 6.45) is 1.82. The Kier molecular flexibility index (Phi) is 7.40. The van der Waals surface area contributed by atoms with E-state index in [0.717, 1.165) is 29.7 Å². The minimum absolute atomic E-state index is 0.154. The molecule has 30 heavy (non-hydrogen) atoms. The predicted molar refractivity (Wildman–Crippen MR) is 118 cm³/mol. The van der Waals surface area contributed by atoms with Crippen LogP contribution in [0.25, 0.3) is 0 Å². The van der Waals surface area contributed by atoms with E-state index in [4.69, 9.17) is 32.8 Å². The number of benzene rings is 2. The predicted octanol–water partition coefficient (Wildman–Crippen LogP) is 6.35. The van der Waals surface area contributed by atoms with E-state index in [9.17, 15) is 9.90 Å². The van der Waals surface area contributed by atoms with Crippen LogP contribution in [0, 0.1) is 6.92 Å². The molecule has 1 N–H and O–H groups in total. The number of hydrogen-bond acceptors (Lipinski definition) is 4. The highest BCUT2D eigenvalue weighted by molar-refractivity contribution is 6.42. The van der Waals surface area contributed by atoms with Gasteiger partial charge in [0.2, 0.25) is 0 Å². The Hall–Kier alpha value is -2.08. The van der Waals surface area contributed by atoms with Crippen LogP contribution in [0.2, 0.25) is 10.0 Å². The lowest BCUT2D eigenvalue weighted by Crippen LogP contribution is -2.46. The molecular formula is C23H25Cl2NO4. The van der Waals surface area contributed by atoms with Crippen molar-refractivity contribution in [2.75, 3.05) is 0 Å². The van der Waals surface area contributed by atoms with Crippen molar-refractivity contribution in [2.24, 2.45) is 5.16 Å². The topological polar surface area (TPSA) is 68.1 Å². The number of hydrogen-bond donors (Lipinski definition) is 1. The number of unbranched alkanes of at least 4 members (excludes halogenated alkanes) is 1. The summed E-state index contributed by atoms with van der Waals surface area (Å²) in [5.74, 6) is -1.13. The fourth-order valence-corrected chi connectivity index (χ4v) is 3.82. The average molecular weight is 450 g/mol. The third-order valence-electron chi connectivity index (χ3n) is 5.32. The quantitative estimate of drug-likeness (QED) is 0.484. The van der Waals surface area contributed by atoms with E-state index in [-0.39, 0.29) is 13.0 Å². The molecule has 0 amide bonds. The Morgan fingerprint density at radius 2 is 2.03 bits per heavy atom. The molecule has 2 aromatic carbocycles. The minimum atomic E-state index is -1.66. The van der Waals surface area contributed by atoms with E-state index in [1.165, 1.54) is 0 Å². The molecule has 0 aliphatic carbocycles. The van der Waals surface area contributed by atoms with Crippen LogP contribution in [-0.2, 0) is 21.0 Å². The third kappa shape index (κ3) is 4.80. The van der Waals surface area contributed by atoms with Gasteiger partial charge in [0.15, 0.2) is 0 Å². The Morgan fingerprint density at radius 1 is 1.27 bits per heavy atom. The van der Waals surface area contributed by atoms with E-state index in [1.807, 2.05) is 31.2 Å². The Labute approximate surface area is 186 Å². The summed E-state index contributed by atoms with van der Waals surface area (Å²) >= 11 is 12.3. The molecule has 5 nitrogen and oxygen atoms in total. The van der Waals surface area contributed by atoms with E-state index in [1.54, 1.807) is 18.2 Å². The van der Waals surface area contributed by atoms with Crippen molar-refractivity contribution in [1.82, 2.24) is 0 Å². The van der Waals surface area contributed by atoms with Crippen molar-refractivity contribution in [2.45, 2.75) is 57.8 Å². The number of halogens is 2. The van der Waals surface area contributed by atoms with Gasteiger partial charge in [0.1, 0.15) is 6.10 Å². The zero-order valence-corrected chi connectivity index (χ0v) is 18.5. The first-order valence-corrected chi connectivity index (χ1v) is 10.7.